The van der Waals surface area contributed by atoms with E-state index in [1.807, 2.05) is 6.26 Å². The standard InChI is InChI=1S/C10H12N4O2S/c1-17-7-4-9(15)14(10(7)16)6-2-3-8(13-11)12-5-6/h2-5,15-16H,11H2,1H3,(H,12,13). The number of nitrogen functional groups attached to an aromatic ring is 1. The molecule has 2 heterocycles. The van der Waals surface area contributed by atoms with Crippen molar-refractivity contribution in [2.75, 3.05) is 11.7 Å². The lowest BCUT2D eigenvalue weighted by atomic mass is 10.4. The largest absolute Gasteiger partial charge is 0.494 e. The predicted octanol–water partition coefficient (Wildman–Crippen LogP) is 1.29. The molecule has 0 spiro atoms. The molecule has 0 saturated carbocycles. The molecular weight excluding hydrogens is 240 g/mol. The highest BCUT2D eigenvalue weighted by atomic mass is 32.2. The number of hydrazine groups is 1. The van der Waals surface area contributed by atoms with E-state index in [0.29, 0.717) is 16.4 Å². The summed E-state index contributed by atoms with van der Waals surface area (Å²) in [6.07, 6.45) is 3.32. The number of hydrogen-bond donors (Lipinski definition) is 4. The van der Waals surface area contributed by atoms with Gasteiger partial charge in [-0.1, -0.05) is 0 Å². The molecule has 0 bridgehead atoms. The fourth-order valence-electron chi connectivity index (χ4n) is 1.47. The molecule has 90 valence electrons. The number of pyridine rings is 1. The third kappa shape index (κ3) is 2.02. The Bertz CT molecular complexity index is 524. The second-order valence-electron chi connectivity index (χ2n) is 3.28. The third-order valence-corrected chi connectivity index (χ3v) is 3.04. The van der Waals surface area contributed by atoms with E-state index in [2.05, 4.69) is 10.4 Å². The van der Waals surface area contributed by atoms with Gasteiger partial charge in [-0.3, -0.25) is 0 Å². The van der Waals surface area contributed by atoms with Crippen molar-refractivity contribution in [2.24, 2.45) is 5.84 Å². The Labute approximate surface area is 102 Å². The molecule has 0 radical (unpaired) electrons. The summed E-state index contributed by atoms with van der Waals surface area (Å²) in [6.45, 7) is 0. The zero-order valence-corrected chi connectivity index (χ0v) is 9.90. The Morgan fingerprint density at radius 3 is 2.65 bits per heavy atom. The summed E-state index contributed by atoms with van der Waals surface area (Å²) in [5.41, 5.74) is 2.96. The maximum absolute atomic E-state index is 9.90. The number of nitrogens with one attached hydrogen (secondary N) is 1. The van der Waals surface area contributed by atoms with Gasteiger partial charge in [0.15, 0.2) is 5.88 Å². The first-order chi connectivity index (χ1) is 8.17. The number of hydrogen-bond acceptors (Lipinski definition) is 6. The van der Waals surface area contributed by atoms with Crippen LogP contribution in [0.5, 0.6) is 11.8 Å². The lowest BCUT2D eigenvalue weighted by Gasteiger charge is -2.07. The minimum atomic E-state index is -0.0397. The van der Waals surface area contributed by atoms with Gasteiger partial charge < -0.3 is 15.6 Å². The first-order valence-corrected chi connectivity index (χ1v) is 6.00. The lowest BCUT2D eigenvalue weighted by Crippen LogP contribution is -2.08. The second kappa shape index (κ2) is 4.56. The highest BCUT2D eigenvalue weighted by Crippen LogP contribution is 2.36. The number of nitrogens with two attached hydrogens (primary N) is 1. The van der Waals surface area contributed by atoms with Crippen LogP contribution >= 0.6 is 11.8 Å². The molecule has 0 aliphatic carbocycles. The molecular formula is C10H12N4O2S. The molecule has 2 aromatic heterocycles. The van der Waals surface area contributed by atoms with E-state index in [0.717, 1.165) is 0 Å². The molecule has 0 aromatic carbocycles. The maximum atomic E-state index is 9.90. The van der Waals surface area contributed by atoms with Gasteiger partial charge in [0.2, 0.25) is 5.88 Å². The van der Waals surface area contributed by atoms with Crippen LogP contribution in [0.2, 0.25) is 0 Å². The third-order valence-electron chi connectivity index (χ3n) is 2.30. The first kappa shape index (κ1) is 11.6. The van der Waals surface area contributed by atoms with Gasteiger partial charge in [0, 0.05) is 6.07 Å². The van der Waals surface area contributed by atoms with Crippen LogP contribution in [-0.4, -0.2) is 26.0 Å². The fraction of sp³-hybridized carbons (Fsp3) is 0.100. The molecule has 0 unspecified atom stereocenters. The molecule has 0 amide bonds. The highest BCUT2D eigenvalue weighted by molar-refractivity contribution is 7.98. The monoisotopic (exact) mass is 252 g/mol. The molecule has 17 heavy (non-hydrogen) atoms. The summed E-state index contributed by atoms with van der Waals surface area (Å²) >= 11 is 1.35. The number of aromatic nitrogens is 2. The fourth-order valence-corrected chi connectivity index (χ4v) is 1.97. The van der Waals surface area contributed by atoms with Crippen LogP contribution in [-0.2, 0) is 0 Å². The Balaban J connectivity index is 2.48. The number of aromatic hydroxyl groups is 2. The molecule has 7 heteroatoms. The zero-order chi connectivity index (χ0) is 12.4. The minimum Gasteiger partial charge on any atom is -0.494 e. The van der Waals surface area contributed by atoms with E-state index in [1.165, 1.54) is 28.6 Å². The van der Waals surface area contributed by atoms with E-state index in [9.17, 15) is 10.2 Å². The summed E-state index contributed by atoms with van der Waals surface area (Å²) < 4.78 is 1.30. The van der Waals surface area contributed by atoms with Crippen LogP contribution in [0.1, 0.15) is 0 Å². The van der Waals surface area contributed by atoms with Crippen molar-refractivity contribution in [3.05, 3.63) is 24.4 Å². The van der Waals surface area contributed by atoms with Crippen molar-refractivity contribution in [1.29, 1.82) is 0 Å². The van der Waals surface area contributed by atoms with Crippen molar-refractivity contribution in [2.45, 2.75) is 4.90 Å². The number of anilines is 1. The Hall–Kier alpha value is -1.86. The normalized spacial score (nSPS) is 10.5. The van der Waals surface area contributed by atoms with Crippen LogP contribution < -0.4 is 11.3 Å². The van der Waals surface area contributed by atoms with Crippen LogP contribution in [0.25, 0.3) is 5.69 Å². The van der Waals surface area contributed by atoms with E-state index in [4.69, 9.17) is 5.84 Å². The molecule has 2 aromatic rings. The summed E-state index contributed by atoms with van der Waals surface area (Å²) in [7, 11) is 0. The van der Waals surface area contributed by atoms with Gasteiger partial charge in [-0.2, -0.15) is 0 Å². The van der Waals surface area contributed by atoms with Crippen LogP contribution in [0.4, 0.5) is 5.82 Å². The Kier molecular flexibility index (Phi) is 3.12. The molecule has 0 saturated heterocycles. The molecule has 0 fully saturated rings. The van der Waals surface area contributed by atoms with E-state index in [1.54, 1.807) is 12.1 Å². The van der Waals surface area contributed by atoms with Gasteiger partial charge >= 0.3 is 0 Å². The zero-order valence-electron chi connectivity index (χ0n) is 9.08. The van der Waals surface area contributed by atoms with Gasteiger partial charge in [0.1, 0.15) is 5.82 Å². The first-order valence-electron chi connectivity index (χ1n) is 4.78. The predicted molar refractivity (Wildman–Crippen MR) is 66.5 cm³/mol. The summed E-state index contributed by atoms with van der Waals surface area (Å²) in [5.74, 6) is 5.66. The quantitative estimate of drug-likeness (QED) is 0.373. The van der Waals surface area contributed by atoms with E-state index >= 15 is 0 Å². The minimum absolute atomic E-state index is 0.00902. The van der Waals surface area contributed by atoms with Gasteiger partial charge in [-0.05, 0) is 18.4 Å². The van der Waals surface area contributed by atoms with Gasteiger partial charge in [-0.25, -0.2) is 15.4 Å². The Morgan fingerprint density at radius 2 is 2.18 bits per heavy atom. The van der Waals surface area contributed by atoms with Crippen molar-refractivity contribution < 1.29 is 10.2 Å². The van der Waals surface area contributed by atoms with E-state index in [-0.39, 0.29) is 11.8 Å². The summed E-state index contributed by atoms with van der Waals surface area (Å²) in [6, 6.07) is 4.83. The number of nitrogens with zero attached hydrogens (tertiary/aromatic N) is 2. The lowest BCUT2D eigenvalue weighted by molar-refractivity contribution is 0.398. The van der Waals surface area contributed by atoms with Gasteiger partial charge in [-0.15, -0.1) is 11.8 Å². The smallest absolute Gasteiger partial charge is 0.212 e. The van der Waals surface area contributed by atoms with Gasteiger partial charge in [0.05, 0.1) is 16.8 Å². The Morgan fingerprint density at radius 1 is 1.41 bits per heavy atom. The topological polar surface area (TPSA) is 96.3 Å². The maximum Gasteiger partial charge on any atom is 0.212 e. The van der Waals surface area contributed by atoms with Crippen molar-refractivity contribution in [1.82, 2.24) is 9.55 Å². The van der Waals surface area contributed by atoms with Crippen LogP contribution in [0.15, 0.2) is 29.3 Å². The second-order valence-corrected chi connectivity index (χ2v) is 4.12. The summed E-state index contributed by atoms with van der Waals surface area (Å²) in [4.78, 5) is 4.61. The van der Waals surface area contributed by atoms with Crippen molar-refractivity contribution >= 4 is 17.6 Å². The van der Waals surface area contributed by atoms with Crippen molar-refractivity contribution in [3.63, 3.8) is 0 Å². The molecule has 0 atom stereocenters. The molecule has 2 rings (SSSR count). The number of thioether (sulfide) groups is 1. The number of rotatable bonds is 3. The van der Waals surface area contributed by atoms with Crippen molar-refractivity contribution in [3.8, 4) is 17.4 Å². The summed E-state index contributed by atoms with van der Waals surface area (Å²) in [5, 5.41) is 19.6. The van der Waals surface area contributed by atoms with Crippen LogP contribution in [0, 0.1) is 0 Å². The molecule has 5 N–H and O–H groups in total. The van der Waals surface area contributed by atoms with Gasteiger partial charge in [0.25, 0.3) is 0 Å². The molecule has 0 aliphatic rings. The van der Waals surface area contributed by atoms with Crippen LogP contribution in [0.3, 0.4) is 0 Å². The molecule has 0 aliphatic heterocycles. The average molecular weight is 252 g/mol. The van der Waals surface area contributed by atoms with E-state index < -0.39 is 0 Å². The average Bonchev–Trinajstić information content (AvgIpc) is 2.64. The molecule has 6 nitrogen and oxygen atoms in total. The highest BCUT2D eigenvalue weighted by Gasteiger charge is 2.14. The SMILES string of the molecule is CSc1cc(O)n(-c2ccc(NN)nc2)c1O.